The van der Waals surface area contributed by atoms with E-state index >= 15 is 0 Å². The first-order chi connectivity index (χ1) is 15.0. The highest BCUT2D eigenvalue weighted by molar-refractivity contribution is 7.89. The molecule has 164 valence electrons. The maximum atomic E-state index is 13.2. The molecule has 3 heterocycles. The Morgan fingerprint density at radius 3 is 2.48 bits per heavy atom. The van der Waals surface area contributed by atoms with Gasteiger partial charge in [0.15, 0.2) is 11.5 Å². The molecule has 0 atom stereocenters. The van der Waals surface area contributed by atoms with Gasteiger partial charge in [-0.1, -0.05) is 18.2 Å². The normalized spacial score (nSPS) is 19.7. The number of carbonyl (C=O) groups excluding carboxylic acids is 1. The van der Waals surface area contributed by atoms with Crippen LogP contribution in [-0.2, 0) is 21.2 Å². The van der Waals surface area contributed by atoms with Crippen molar-refractivity contribution < 1.29 is 22.7 Å². The molecule has 3 aliphatic rings. The summed E-state index contributed by atoms with van der Waals surface area (Å²) in [7, 11) is -3.65. The Kier molecular flexibility index (Phi) is 5.35. The molecule has 0 aromatic heterocycles. The number of carbonyl (C=O) groups is 1. The number of ether oxygens (including phenoxy) is 2. The standard InChI is InChI=1S/C23H26N2O5S/c26-23(25-11-3-5-17-4-1-2-6-20(17)25)18-9-12-24(13-10-18)31(27,28)19-7-8-21-22(16-19)30-15-14-29-21/h1-2,4,6-8,16,18H,3,5,9-15H2. The molecule has 1 fully saturated rings. The molecule has 1 saturated heterocycles. The van der Waals surface area contributed by atoms with Crippen LogP contribution in [0.25, 0.3) is 0 Å². The Morgan fingerprint density at radius 2 is 1.68 bits per heavy atom. The number of piperidine rings is 1. The third kappa shape index (κ3) is 3.78. The average molecular weight is 443 g/mol. The van der Waals surface area contributed by atoms with Gasteiger partial charge in [-0.05, 0) is 49.4 Å². The molecule has 5 rings (SSSR count). The second-order valence-corrected chi connectivity index (χ2v) is 10.1. The molecule has 3 aliphatic heterocycles. The smallest absolute Gasteiger partial charge is 0.243 e. The van der Waals surface area contributed by atoms with Crippen LogP contribution < -0.4 is 14.4 Å². The van der Waals surface area contributed by atoms with Crippen molar-refractivity contribution in [2.45, 2.75) is 30.6 Å². The number of rotatable bonds is 3. The number of anilines is 1. The predicted octanol–water partition coefficient (Wildman–Crippen LogP) is 2.84. The molecule has 0 aliphatic carbocycles. The first kappa shape index (κ1) is 20.3. The van der Waals surface area contributed by atoms with Crippen molar-refractivity contribution >= 4 is 21.6 Å². The van der Waals surface area contributed by atoms with Gasteiger partial charge in [-0.3, -0.25) is 4.79 Å². The summed E-state index contributed by atoms with van der Waals surface area (Å²) in [4.78, 5) is 15.3. The van der Waals surface area contributed by atoms with E-state index in [1.807, 2.05) is 23.1 Å². The lowest BCUT2D eigenvalue weighted by atomic mass is 9.94. The van der Waals surface area contributed by atoms with Crippen LogP contribution in [0.15, 0.2) is 47.4 Å². The minimum absolute atomic E-state index is 0.114. The van der Waals surface area contributed by atoms with E-state index in [1.54, 1.807) is 12.1 Å². The zero-order valence-corrected chi connectivity index (χ0v) is 18.1. The summed E-state index contributed by atoms with van der Waals surface area (Å²) in [5, 5.41) is 0. The summed E-state index contributed by atoms with van der Waals surface area (Å²) in [6.45, 7) is 2.27. The Morgan fingerprint density at radius 1 is 0.935 bits per heavy atom. The number of aryl methyl sites for hydroxylation is 1. The first-order valence-electron chi connectivity index (χ1n) is 10.8. The fourth-order valence-electron chi connectivity index (χ4n) is 4.66. The van der Waals surface area contributed by atoms with Crippen molar-refractivity contribution in [1.82, 2.24) is 4.31 Å². The van der Waals surface area contributed by atoms with Crippen LogP contribution in [0, 0.1) is 5.92 Å². The Bertz CT molecular complexity index is 1090. The Labute approximate surface area is 182 Å². The summed E-state index contributed by atoms with van der Waals surface area (Å²) in [5.74, 6) is 0.985. The van der Waals surface area contributed by atoms with Crippen LogP contribution in [0.2, 0.25) is 0 Å². The van der Waals surface area contributed by atoms with Crippen LogP contribution in [0.1, 0.15) is 24.8 Å². The summed E-state index contributed by atoms with van der Waals surface area (Å²) in [5.41, 5.74) is 2.21. The van der Waals surface area contributed by atoms with Crippen LogP contribution in [-0.4, -0.2) is 51.5 Å². The molecule has 0 unspecified atom stereocenters. The van der Waals surface area contributed by atoms with Gasteiger partial charge in [0.2, 0.25) is 15.9 Å². The van der Waals surface area contributed by atoms with E-state index in [4.69, 9.17) is 9.47 Å². The van der Waals surface area contributed by atoms with E-state index in [0.717, 1.165) is 25.1 Å². The van der Waals surface area contributed by atoms with Crippen LogP contribution in [0.3, 0.4) is 0 Å². The minimum atomic E-state index is -3.65. The predicted molar refractivity (Wildman–Crippen MR) is 116 cm³/mol. The molecule has 2 aromatic carbocycles. The molecule has 2 aromatic rings. The molecular weight excluding hydrogens is 416 g/mol. The average Bonchev–Trinajstić information content (AvgIpc) is 2.83. The van der Waals surface area contributed by atoms with E-state index in [9.17, 15) is 13.2 Å². The van der Waals surface area contributed by atoms with E-state index in [1.165, 1.54) is 15.9 Å². The van der Waals surface area contributed by atoms with E-state index in [-0.39, 0.29) is 16.7 Å². The summed E-state index contributed by atoms with van der Waals surface area (Å²) < 4.78 is 38.8. The van der Waals surface area contributed by atoms with Gasteiger partial charge in [0.25, 0.3) is 0 Å². The van der Waals surface area contributed by atoms with Gasteiger partial charge < -0.3 is 14.4 Å². The van der Waals surface area contributed by atoms with Crippen molar-refractivity contribution in [3.05, 3.63) is 48.0 Å². The van der Waals surface area contributed by atoms with E-state index in [2.05, 4.69) is 6.07 Å². The SMILES string of the molecule is O=C(C1CCN(S(=O)(=O)c2ccc3c(c2)OCCO3)CC1)N1CCCc2ccccc21. The summed E-state index contributed by atoms with van der Waals surface area (Å²) in [6, 6.07) is 12.8. The molecular formula is C23H26N2O5S. The third-order valence-corrected chi connectivity index (χ3v) is 8.23. The lowest BCUT2D eigenvalue weighted by Crippen LogP contribution is -2.45. The van der Waals surface area contributed by atoms with E-state index in [0.29, 0.717) is 50.6 Å². The number of hydrogen-bond acceptors (Lipinski definition) is 5. The van der Waals surface area contributed by atoms with Gasteiger partial charge in [0.05, 0.1) is 4.90 Å². The van der Waals surface area contributed by atoms with Gasteiger partial charge in [-0.15, -0.1) is 0 Å². The van der Waals surface area contributed by atoms with Gasteiger partial charge in [0, 0.05) is 37.3 Å². The van der Waals surface area contributed by atoms with Crippen LogP contribution >= 0.6 is 0 Å². The van der Waals surface area contributed by atoms with Gasteiger partial charge in [0.1, 0.15) is 13.2 Å². The number of para-hydroxylation sites is 1. The highest BCUT2D eigenvalue weighted by Crippen LogP contribution is 2.35. The third-order valence-electron chi connectivity index (χ3n) is 6.33. The van der Waals surface area contributed by atoms with Crippen molar-refractivity contribution in [2.24, 2.45) is 5.92 Å². The Balaban J connectivity index is 1.28. The molecule has 1 amide bonds. The molecule has 31 heavy (non-hydrogen) atoms. The second kappa shape index (κ2) is 8.16. The largest absolute Gasteiger partial charge is 0.486 e. The first-order valence-corrected chi connectivity index (χ1v) is 12.3. The van der Waals surface area contributed by atoms with E-state index < -0.39 is 10.0 Å². The number of amides is 1. The molecule has 8 heteroatoms. The molecule has 7 nitrogen and oxygen atoms in total. The lowest BCUT2D eigenvalue weighted by molar-refractivity contribution is -0.123. The van der Waals surface area contributed by atoms with Gasteiger partial charge in [-0.2, -0.15) is 4.31 Å². The zero-order chi connectivity index (χ0) is 21.4. The monoisotopic (exact) mass is 442 g/mol. The topological polar surface area (TPSA) is 76.2 Å². The molecule has 0 N–H and O–H groups in total. The zero-order valence-electron chi connectivity index (χ0n) is 17.3. The second-order valence-electron chi connectivity index (χ2n) is 8.21. The van der Waals surface area contributed by atoms with Crippen molar-refractivity contribution in [1.29, 1.82) is 0 Å². The molecule has 0 radical (unpaired) electrons. The fraction of sp³-hybridized carbons (Fsp3) is 0.435. The molecule has 0 bridgehead atoms. The van der Waals surface area contributed by atoms with Crippen molar-refractivity contribution in [3.8, 4) is 11.5 Å². The number of fused-ring (bicyclic) bond motifs is 2. The quantitative estimate of drug-likeness (QED) is 0.731. The van der Waals surface area contributed by atoms with Gasteiger partial charge in [-0.25, -0.2) is 8.42 Å². The minimum Gasteiger partial charge on any atom is -0.486 e. The maximum Gasteiger partial charge on any atom is 0.243 e. The number of hydrogen-bond donors (Lipinski definition) is 0. The summed E-state index contributed by atoms with van der Waals surface area (Å²) >= 11 is 0. The highest BCUT2D eigenvalue weighted by Gasteiger charge is 2.35. The molecule has 0 saturated carbocycles. The number of sulfonamides is 1. The highest BCUT2D eigenvalue weighted by atomic mass is 32.2. The van der Waals surface area contributed by atoms with Crippen LogP contribution in [0.4, 0.5) is 5.69 Å². The van der Waals surface area contributed by atoms with Crippen molar-refractivity contribution in [2.75, 3.05) is 37.7 Å². The fourth-order valence-corrected chi connectivity index (χ4v) is 6.14. The molecule has 0 spiro atoms. The Hall–Kier alpha value is -2.58. The number of benzene rings is 2. The van der Waals surface area contributed by atoms with Gasteiger partial charge >= 0.3 is 0 Å². The van der Waals surface area contributed by atoms with Crippen LogP contribution in [0.5, 0.6) is 11.5 Å². The number of nitrogens with zero attached hydrogens (tertiary/aromatic N) is 2. The summed E-state index contributed by atoms with van der Waals surface area (Å²) in [6.07, 6.45) is 3.01. The lowest BCUT2D eigenvalue weighted by Gasteiger charge is -2.36. The maximum absolute atomic E-state index is 13.2. The van der Waals surface area contributed by atoms with Crippen molar-refractivity contribution in [3.63, 3.8) is 0 Å².